The van der Waals surface area contributed by atoms with Crippen molar-refractivity contribution in [2.24, 2.45) is 0 Å². The summed E-state index contributed by atoms with van der Waals surface area (Å²) in [6.45, 7) is 7.93. The second-order valence-corrected chi connectivity index (χ2v) is 9.86. The fraction of sp³-hybridized carbons (Fsp3) is 0.414. The number of likely N-dealkylation sites (N-methyl/N-ethyl adjacent to an activating group) is 1. The molecule has 1 aromatic heterocycles. The second kappa shape index (κ2) is 12.8. The maximum absolute atomic E-state index is 14.7. The summed E-state index contributed by atoms with van der Waals surface area (Å²) in [6.07, 6.45) is 3.68. The van der Waals surface area contributed by atoms with Crippen molar-refractivity contribution in [3.8, 4) is 5.75 Å². The smallest absolute Gasteiger partial charge is 0.253 e. The lowest BCUT2D eigenvalue weighted by atomic mass is 10.1. The van der Waals surface area contributed by atoms with E-state index in [0.29, 0.717) is 57.0 Å². The van der Waals surface area contributed by atoms with E-state index < -0.39 is 0 Å². The molecule has 10 heteroatoms. The third kappa shape index (κ3) is 6.94. The second-order valence-electron chi connectivity index (χ2n) is 9.86. The van der Waals surface area contributed by atoms with Crippen LogP contribution in [-0.4, -0.2) is 91.4 Å². The van der Waals surface area contributed by atoms with Gasteiger partial charge < -0.3 is 24.3 Å². The van der Waals surface area contributed by atoms with E-state index in [4.69, 9.17) is 4.74 Å². The fourth-order valence-corrected chi connectivity index (χ4v) is 4.62. The minimum atomic E-state index is -0.362. The van der Waals surface area contributed by atoms with Crippen molar-refractivity contribution in [2.45, 2.75) is 20.4 Å². The van der Waals surface area contributed by atoms with Gasteiger partial charge >= 0.3 is 0 Å². The minimum Gasteiger partial charge on any atom is -0.491 e. The van der Waals surface area contributed by atoms with Crippen LogP contribution < -0.4 is 14.5 Å². The normalized spacial score (nSPS) is 13.6. The van der Waals surface area contributed by atoms with Gasteiger partial charge in [0.2, 0.25) is 5.91 Å². The summed E-state index contributed by atoms with van der Waals surface area (Å²) < 4.78 is 21.8. The fourth-order valence-electron chi connectivity index (χ4n) is 4.62. The number of benzene rings is 2. The largest absolute Gasteiger partial charge is 0.491 e. The average molecular weight is 537 g/mol. The average Bonchev–Trinajstić information content (AvgIpc) is 3.39. The van der Waals surface area contributed by atoms with Crippen LogP contribution in [0.2, 0.25) is 0 Å². The van der Waals surface area contributed by atoms with Crippen LogP contribution in [0, 0.1) is 5.82 Å². The Balaban J connectivity index is 1.33. The zero-order valence-corrected chi connectivity index (χ0v) is 23.1. The van der Waals surface area contributed by atoms with Crippen LogP contribution in [-0.2, 0) is 11.3 Å². The molecule has 0 bridgehead atoms. The third-order valence-corrected chi connectivity index (χ3v) is 6.80. The maximum atomic E-state index is 14.7. The predicted octanol–water partition coefficient (Wildman–Crippen LogP) is 3.35. The van der Waals surface area contributed by atoms with Crippen LogP contribution >= 0.6 is 0 Å². The van der Waals surface area contributed by atoms with Crippen LogP contribution in [0.4, 0.5) is 15.8 Å². The zero-order valence-electron chi connectivity index (χ0n) is 23.1. The Morgan fingerprint density at radius 1 is 1.03 bits per heavy atom. The van der Waals surface area contributed by atoms with Crippen molar-refractivity contribution in [3.05, 3.63) is 71.8 Å². The number of hydrogen-bond acceptors (Lipinski definition) is 6. The van der Waals surface area contributed by atoms with Crippen molar-refractivity contribution in [2.75, 3.05) is 69.8 Å². The first kappa shape index (κ1) is 28.1. The van der Waals surface area contributed by atoms with E-state index in [1.54, 1.807) is 53.0 Å². The highest BCUT2D eigenvalue weighted by molar-refractivity contribution is 5.96. The quantitative estimate of drug-likeness (QED) is 0.396. The molecule has 1 aliphatic rings. The van der Waals surface area contributed by atoms with Gasteiger partial charge in [0.05, 0.1) is 25.0 Å². The SMILES string of the molecule is CCOc1cccc(Cn2cc(N3CCN(C(=O)c4ccc(N(CCN(C)C)C(C)=O)cc4)CC3)cn2)c1F. The Kier molecular flexibility index (Phi) is 9.19. The molecule has 39 heavy (non-hydrogen) atoms. The van der Waals surface area contributed by atoms with Gasteiger partial charge in [-0.25, -0.2) is 4.39 Å². The molecule has 0 aliphatic carbocycles. The monoisotopic (exact) mass is 536 g/mol. The molecule has 0 atom stereocenters. The van der Waals surface area contributed by atoms with Gasteiger partial charge in [0.1, 0.15) is 0 Å². The standard InChI is InChI=1S/C29H37FN6O3/c1-5-39-27-8-6-7-24(28(27)30)20-35-21-26(19-31-35)33-14-16-34(17-15-33)29(38)23-9-11-25(12-10-23)36(22(2)37)18-13-32(3)4/h6-12,19,21H,5,13-18,20H2,1-4H3. The molecule has 1 fully saturated rings. The Morgan fingerprint density at radius 3 is 2.38 bits per heavy atom. The molecule has 1 aliphatic heterocycles. The van der Waals surface area contributed by atoms with Crippen LogP contribution in [0.25, 0.3) is 0 Å². The molecule has 2 aromatic carbocycles. The number of amides is 2. The summed E-state index contributed by atoms with van der Waals surface area (Å²) in [5.41, 5.74) is 2.84. The molecule has 2 heterocycles. The van der Waals surface area contributed by atoms with Gasteiger partial charge in [-0.1, -0.05) is 12.1 Å². The first-order valence-corrected chi connectivity index (χ1v) is 13.3. The summed E-state index contributed by atoms with van der Waals surface area (Å²) in [7, 11) is 3.94. The van der Waals surface area contributed by atoms with Gasteiger partial charge in [-0.2, -0.15) is 5.10 Å². The molecular weight excluding hydrogens is 499 g/mol. The van der Waals surface area contributed by atoms with E-state index in [2.05, 4.69) is 10.00 Å². The number of nitrogens with zero attached hydrogens (tertiary/aromatic N) is 6. The van der Waals surface area contributed by atoms with Gasteiger partial charge in [-0.3, -0.25) is 14.3 Å². The summed E-state index contributed by atoms with van der Waals surface area (Å²) in [5, 5.41) is 4.42. The van der Waals surface area contributed by atoms with Crippen LogP contribution in [0.15, 0.2) is 54.9 Å². The third-order valence-electron chi connectivity index (χ3n) is 6.80. The van der Waals surface area contributed by atoms with Crippen molar-refractivity contribution in [1.29, 1.82) is 0 Å². The molecule has 9 nitrogen and oxygen atoms in total. The number of piperazine rings is 1. The van der Waals surface area contributed by atoms with E-state index >= 15 is 0 Å². The molecule has 0 unspecified atom stereocenters. The number of carbonyl (C=O) groups is 2. The first-order valence-electron chi connectivity index (χ1n) is 13.3. The van der Waals surface area contributed by atoms with E-state index in [9.17, 15) is 14.0 Å². The first-order chi connectivity index (χ1) is 18.8. The topological polar surface area (TPSA) is 74.2 Å². The van der Waals surface area contributed by atoms with Gasteiger partial charge in [-0.05, 0) is 51.4 Å². The summed E-state index contributed by atoms with van der Waals surface area (Å²) in [6, 6.07) is 12.4. The molecule has 2 amide bonds. The zero-order chi connectivity index (χ0) is 27.9. The number of halogens is 1. The van der Waals surface area contributed by atoms with E-state index in [1.807, 2.05) is 49.1 Å². The Hall–Kier alpha value is -3.92. The van der Waals surface area contributed by atoms with Crippen molar-refractivity contribution >= 4 is 23.2 Å². The Bertz CT molecular complexity index is 1270. The Labute approximate surface area is 229 Å². The summed E-state index contributed by atoms with van der Waals surface area (Å²) in [4.78, 5) is 33.0. The van der Waals surface area contributed by atoms with Gasteiger partial charge in [0, 0.05) is 69.2 Å². The summed E-state index contributed by atoms with van der Waals surface area (Å²) >= 11 is 0. The molecule has 0 spiro atoms. The molecule has 1 saturated heterocycles. The van der Waals surface area contributed by atoms with Crippen molar-refractivity contribution in [3.63, 3.8) is 0 Å². The van der Waals surface area contributed by atoms with Crippen molar-refractivity contribution in [1.82, 2.24) is 19.6 Å². The van der Waals surface area contributed by atoms with Crippen LogP contribution in [0.3, 0.4) is 0 Å². The number of anilines is 2. The highest BCUT2D eigenvalue weighted by Crippen LogP contribution is 2.23. The number of ether oxygens (including phenoxy) is 1. The number of rotatable bonds is 10. The van der Waals surface area contributed by atoms with Gasteiger partial charge in [0.25, 0.3) is 5.91 Å². The molecule has 208 valence electrons. The minimum absolute atomic E-state index is 0.0239. The predicted molar refractivity (Wildman–Crippen MR) is 150 cm³/mol. The summed E-state index contributed by atoms with van der Waals surface area (Å²) in [5.74, 6) is -0.166. The van der Waals surface area contributed by atoms with E-state index in [0.717, 1.165) is 17.9 Å². The van der Waals surface area contributed by atoms with Crippen LogP contribution in [0.5, 0.6) is 5.75 Å². The number of aromatic nitrogens is 2. The maximum Gasteiger partial charge on any atom is 0.253 e. The Morgan fingerprint density at radius 2 is 1.74 bits per heavy atom. The number of carbonyl (C=O) groups excluding carboxylic acids is 2. The molecule has 0 N–H and O–H groups in total. The lowest BCUT2D eigenvalue weighted by Crippen LogP contribution is -2.48. The molecule has 0 radical (unpaired) electrons. The lowest BCUT2D eigenvalue weighted by molar-refractivity contribution is -0.116. The highest BCUT2D eigenvalue weighted by atomic mass is 19.1. The van der Waals surface area contributed by atoms with Crippen molar-refractivity contribution < 1.29 is 18.7 Å². The van der Waals surface area contributed by atoms with E-state index in [-0.39, 0.29) is 23.4 Å². The molecule has 4 rings (SSSR count). The van der Waals surface area contributed by atoms with E-state index in [1.165, 1.54) is 0 Å². The van der Waals surface area contributed by atoms with Crippen LogP contribution in [0.1, 0.15) is 29.8 Å². The molecule has 0 saturated carbocycles. The van der Waals surface area contributed by atoms with Gasteiger partial charge in [0.15, 0.2) is 11.6 Å². The molecule has 3 aromatic rings. The lowest BCUT2D eigenvalue weighted by Gasteiger charge is -2.35. The molecular formula is C29H37FN6O3. The van der Waals surface area contributed by atoms with Gasteiger partial charge in [-0.15, -0.1) is 0 Å². The number of hydrogen-bond donors (Lipinski definition) is 0. The highest BCUT2D eigenvalue weighted by Gasteiger charge is 2.23.